The van der Waals surface area contributed by atoms with E-state index in [1.165, 1.54) is 0 Å². The number of benzene rings is 2. The molecule has 1 heterocycles. The van der Waals surface area contributed by atoms with E-state index in [2.05, 4.69) is 10.2 Å². The van der Waals surface area contributed by atoms with Crippen molar-refractivity contribution in [1.82, 2.24) is 0 Å². The highest BCUT2D eigenvalue weighted by Gasteiger charge is 2.17. The molecule has 2 aromatic carbocycles. The minimum Gasteiger partial charge on any atom is -0.468 e. The number of hydrogen-bond donors (Lipinski definition) is 1. The van der Waals surface area contributed by atoms with Crippen molar-refractivity contribution in [2.24, 2.45) is 16.1 Å². The van der Waals surface area contributed by atoms with Crippen LogP contribution in [0.3, 0.4) is 0 Å². The molecule has 4 nitrogen and oxygen atoms in total. The lowest BCUT2D eigenvalue weighted by molar-refractivity contribution is 0.126. The molecule has 0 spiro atoms. The largest absolute Gasteiger partial charge is 0.468 e. The molecule has 0 saturated heterocycles. The Labute approximate surface area is 136 Å². The van der Waals surface area contributed by atoms with Gasteiger partial charge in [0.25, 0.3) is 0 Å². The van der Waals surface area contributed by atoms with Gasteiger partial charge in [0.1, 0.15) is 12.0 Å². The Morgan fingerprint density at radius 2 is 1.70 bits per heavy atom. The highest BCUT2D eigenvalue weighted by molar-refractivity contribution is 5.63. The Balaban J connectivity index is 1.71. The standard InChI is InChI=1S/C19H20N2O2/c1-13(2)18(22)15-8-10-16(11-9-15)19-21-20-17(12-23-19)14-6-4-3-5-7-14/h3-13,18-19,22H,1-2H3. The number of aliphatic hydroxyl groups is 1. The van der Waals surface area contributed by atoms with Crippen LogP contribution in [-0.4, -0.2) is 5.11 Å². The molecule has 1 aliphatic heterocycles. The summed E-state index contributed by atoms with van der Waals surface area (Å²) < 4.78 is 5.69. The van der Waals surface area contributed by atoms with Crippen LogP contribution in [0.25, 0.3) is 5.70 Å². The first-order chi connectivity index (χ1) is 11.1. The Morgan fingerprint density at radius 1 is 1.00 bits per heavy atom. The average Bonchev–Trinajstić information content (AvgIpc) is 2.62. The minimum absolute atomic E-state index is 0.183. The average molecular weight is 308 g/mol. The fourth-order valence-electron chi connectivity index (χ4n) is 2.42. The van der Waals surface area contributed by atoms with Gasteiger partial charge in [-0.25, -0.2) is 0 Å². The summed E-state index contributed by atoms with van der Waals surface area (Å²) in [6, 6.07) is 17.5. The molecule has 118 valence electrons. The first-order valence-electron chi connectivity index (χ1n) is 7.75. The monoisotopic (exact) mass is 308 g/mol. The maximum atomic E-state index is 10.1. The summed E-state index contributed by atoms with van der Waals surface area (Å²) in [6.45, 7) is 3.99. The van der Waals surface area contributed by atoms with Crippen molar-refractivity contribution >= 4 is 5.70 Å². The zero-order valence-electron chi connectivity index (χ0n) is 13.3. The molecule has 2 aromatic rings. The molecule has 0 radical (unpaired) electrons. The Bertz CT molecular complexity index is 706. The zero-order chi connectivity index (χ0) is 16.2. The molecule has 1 N–H and O–H groups in total. The Morgan fingerprint density at radius 3 is 2.26 bits per heavy atom. The van der Waals surface area contributed by atoms with Gasteiger partial charge in [0, 0.05) is 11.1 Å². The second-order valence-corrected chi connectivity index (χ2v) is 5.93. The second-order valence-electron chi connectivity index (χ2n) is 5.93. The molecular weight excluding hydrogens is 288 g/mol. The third-order valence-electron chi connectivity index (χ3n) is 3.84. The van der Waals surface area contributed by atoms with E-state index in [0.29, 0.717) is 5.70 Å². The summed E-state index contributed by atoms with van der Waals surface area (Å²) >= 11 is 0. The molecule has 4 heteroatoms. The molecule has 3 rings (SSSR count). The van der Waals surface area contributed by atoms with Gasteiger partial charge in [-0.3, -0.25) is 0 Å². The van der Waals surface area contributed by atoms with E-state index in [1.807, 2.05) is 68.4 Å². The van der Waals surface area contributed by atoms with Crippen LogP contribution in [0.2, 0.25) is 0 Å². The van der Waals surface area contributed by atoms with E-state index in [9.17, 15) is 5.11 Å². The fraction of sp³-hybridized carbons (Fsp3) is 0.263. The summed E-state index contributed by atoms with van der Waals surface area (Å²) in [5, 5.41) is 18.6. The molecule has 1 aliphatic rings. The third kappa shape index (κ3) is 3.48. The quantitative estimate of drug-likeness (QED) is 0.877. The Kier molecular flexibility index (Phi) is 4.53. The smallest absolute Gasteiger partial charge is 0.234 e. The van der Waals surface area contributed by atoms with Gasteiger partial charge in [-0.15, -0.1) is 10.2 Å². The summed E-state index contributed by atoms with van der Waals surface area (Å²) in [7, 11) is 0. The van der Waals surface area contributed by atoms with Crippen LogP contribution < -0.4 is 0 Å². The lowest BCUT2D eigenvalue weighted by Gasteiger charge is -2.18. The molecule has 0 fully saturated rings. The van der Waals surface area contributed by atoms with Crippen molar-refractivity contribution in [2.75, 3.05) is 0 Å². The molecule has 2 atom stereocenters. The van der Waals surface area contributed by atoms with Crippen molar-refractivity contribution < 1.29 is 9.84 Å². The first-order valence-corrected chi connectivity index (χ1v) is 7.75. The molecular formula is C19H20N2O2. The van der Waals surface area contributed by atoms with Crippen LogP contribution in [0.15, 0.2) is 71.1 Å². The number of rotatable bonds is 4. The van der Waals surface area contributed by atoms with Crippen molar-refractivity contribution in [2.45, 2.75) is 26.2 Å². The van der Waals surface area contributed by atoms with Crippen molar-refractivity contribution in [3.63, 3.8) is 0 Å². The zero-order valence-corrected chi connectivity index (χ0v) is 13.3. The lowest BCUT2D eigenvalue weighted by Crippen LogP contribution is -2.06. The van der Waals surface area contributed by atoms with Crippen LogP contribution >= 0.6 is 0 Å². The highest BCUT2D eigenvalue weighted by atomic mass is 16.5. The van der Waals surface area contributed by atoms with Crippen LogP contribution in [0.5, 0.6) is 0 Å². The van der Waals surface area contributed by atoms with Gasteiger partial charge in [-0.1, -0.05) is 68.4 Å². The topological polar surface area (TPSA) is 54.2 Å². The van der Waals surface area contributed by atoms with Gasteiger partial charge < -0.3 is 9.84 Å². The van der Waals surface area contributed by atoms with Crippen LogP contribution in [0.4, 0.5) is 0 Å². The summed E-state index contributed by atoms with van der Waals surface area (Å²) in [5.41, 5.74) is 3.51. The van der Waals surface area contributed by atoms with Crippen LogP contribution in [0, 0.1) is 5.92 Å². The van der Waals surface area contributed by atoms with Gasteiger partial charge in [0.05, 0.1) is 6.10 Å². The molecule has 0 bridgehead atoms. The van der Waals surface area contributed by atoms with Crippen molar-refractivity contribution in [3.8, 4) is 0 Å². The second kappa shape index (κ2) is 6.75. The number of azo groups is 1. The first kappa shape index (κ1) is 15.4. The van der Waals surface area contributed by atoms with Crippen molar-refractivity contribution in [1.29, 1.82) is 0 Å². The van der Waals surface area contributed by atoms with E-state index in [1.54, 1.807) is 6.26 Å². The molecule has 0 aromatic heterocycles. The minimum atomic E-state index is -0.456. The molecule has 0 aliphatic carbocycles. The van der Waals surface area contributed by atoms with Crippen LogP contribution in [-0.2, 0) is 4.74 Å². The molecule has 2 unspecified atom stereocenters. The van der Waals surface area contributed by atoms with E-state index in [0.717, 1.165) is 16.7 Å². The van der Waals surface area contributed by atoms with Gasteiger partial charge in [-0.05, 0) is 11.5 Å². The number of hydrogen-bond acceptors (Lipinski definition) is 4. The predicted molar refractivity (Wildman–Crippen MR) is 89.3 cm³/mol. The van der Waals surface area contributed by atoms with E-state index in [-0.39, 0.29) is 5.92 Å². The van der Waals surface area contributed by atoms with Gasteiger partial charge in [0.2, 0.25) is 6.23 Å². The maximum Gasteiger partial charge on any atom is 0.234 e. The molecule has 23 heavy (non-hydrogen) atoms. The number of aliphatic hydroxyl groups excluding tert-OH is 1. The predicted octanol–water partition coefficient (Wildman–Crippen LogP) is 4.86. The van der Waals surface area contributed by atoms with Gasteiger partial charge >= 0.3 is 0 Å². The Hall–Kier alpha value is -2.46. The molecule has 0 saturated carbocycles. The normalized spacial score (nSPS) is 18.4. The van der Waals surface area contributed by atoms with Crippen LogP contribution in [0.1, 0.15) is 42.9 Å². The summed E-state index contributed by atoms with van der Waals surface area (Å²) in [4.78, 5) is 0. The fourth-order valence-corrected chi connectivity index (χ4v) is 2.42. The van der Waals surface area contributed by atoms with Gasteiger partial charge in [-0.2, -0.15) is 0 Å². The van der Waals surface area contributed by atoms with Crippen molar-refractivity contribution in [3.05, 3.63) is 77.5 Å². The number of ether oxygens (including phenoxy) is 1. The number of nitrogens with zero attached hydrogens (tertiary/aromatic N) is 2. The highest BCUT2D eigenvalue weighted by Crippen LogP contribution is 2.30. The summed E-state index contributed by atoms with van der Waals surface area (Å²) in [6.07, 6.45) is 0.749. The van der Waals surface area contributed by atoms with E-state index >= 15 is 0 Å². The molecule has 0 amide bonds. The van der Waals surface area contributed by atoms with E-state index < -0.39 is 12.3 Å². The van der Waals surface area contributed by atoms with Gasteiger partial charge in [0.15, 0.2) is 0 Å². The van der Waals surface area contributed by atoms with E-state index in [4.69, 9.17) is 4.74 Å². The lowest BCUT2D eigenvalue weighted by atomic mass is 9.98. The SMILES string of the molecule is CC(C)C(O)c1ccc(C2N=NC(c3ccccc3)=CO2)cc1. The maximum absolute atomic E-state index is 10.1. The summed E-state index contributed by atoms with van der Waals surface area (Å²) in [5.74, 6) is 0.183. The third-order valence-corrected chi connectivity index (χ3v) is 3.84.